The molecule has 0 atom stereocenters. The molecule has 17 heavy (non-hydrogen) atoms. The summed E-state index contributed by atoms with van der Waals surface area (Å²) in [5.74, 6) is 0. The van der Waals surface area contributed by atoms with Crippen LogP contribution < -0.4 is 11.1 Å². The monoisotopic (exact) mass is 231 g/mol. The van der Waals surface area contributed by atoms with E-state index in [0.29, 0.717) is 6.01 Å². The lowest BCUT2D eigenvalue weighted by Crippen LogP contribution is -2.11. The van der Waals surface area contributed by atoms with Crippen LogP contribution in [0, 0.1) is 0 Å². The van der Waals surface area contributed by atoms with Gasteiger partial charge in [-0.15, -0.1) is 0 Å². The Labute approximate surface area is 101 Å². The van der Waals surface area contributed by atoms with Gasteiger partial charge in [0.1, 0.15) is 6.26 Å². The Bertz CT molecular complexity index is 494. The maximum absolute atomic E-state index is 5.61. The molecule has 0 spiro atoms. The zero-order chi connectivity index (χ0) is 12.5. The molecule has 1 aromatic heterocycles. The fourth-order valence-corrected chi connectivity index (χ4v) is 1.37. The van der Waals surface area contributed by atoms with Gasteiger partial charge in [0.05, 0.1) is 5.69 Å². The summed E-state index contributed by atoms with van der Waals surface area (Å²) in [7, 11) is 0. The van der Waals surface area contributed by atoms with Crippen molar-refractivity contribution < 1.29 is 4.42 Å². The van der Waals surface area contributed by atoms with Gasteiger partial charge in [-0.05, 0) is 24.3 Å². The Morgan fingerprint density at radius 3 is 2.35 bits per heavy atom. The number of oxazole rings is 1. The normalized spacial score (nSPS) is 11.5. The van der Waals surface area contributed by atoms with E-state index in [-0.39, 0.29) is 5.41 Å². The number of rotatable bonds is 2. The van der Waals surface area contributed by atoms with E-state index < -0.39 is 0 Å². The van der Waals surface area contributed by atoms with Crippen LogP contribution in [0.1, 0.15) is 26.5 Å². The second kappa shape index (κ2) is 4.13. The lowest BCUT2D eigenvalue weighted by atomic mass is 9.93. The van der Waals surface area contributed by atoms with Gasteiger partial charge in [-0.1, -0.05) is 20.8 Å². The van der Waals surface area contributed by atoms with Crippen LogP contribution in [-0.4, -0.2) is 4.98 Å². The molecule has 1 heterocycles. The molecular formula is C13H17N3O. The fraction of sp³-hybridized carbons (Fsp3) is 0.308. The third-order valence-electron chi connectivity index (χ3n) is 2.43. The minimum Gasteiger partial charge on any atom is -0.432 e. The number of nitrogens with one attached hydrogen (secondary N) is 1. The molecule has 0 radical (unpaired) electrons. The molecule has 0 aliphatic rings. The summed E-state index contributed by atoms with van der Waals surface area (Å²) in [4.78, 5) is 4.39. The summed E-state index contributed by atoms with van der Waals surface area (Å²) in [6, 6.07) is 7.93. The Balaban J connectivity index is 2.14. The summed E-state index contributed by atoms with van der Waals surface area (Å²) >= 11 is 0. The molecule has 0 bridgehead atoms. The predicted molar refractivity (Wildman–Crippen MR) is 69.3 cm³/mol. The van der Waals surface area contributed by atoms with Crippen LogP contribution in [0.15, 0.2) is 34.9 Å². The SMILES string of the molecule is CC(C)(C)c1coc(Nc2ccc(N)cc2)n1. The van der Waals surface area contributed by atoms with Crippen molar-refractivity contribution in [3.8, 4) is 0 Å². The molecule has 0 saturated carbocycles. The summed E-state index contributed by atoms with van der Waals surface area (Å²) < 4.78 is 5.37. The first-order chi connectivity index (χ1) is 7.95. The summed E-state index contributed by atoms with van der Waals surface area (Å²) in [6.45, 7) is 6.29. The number of hydrogen-bond donors (Lipinski definition) is 2. The zero-order valence-electron chi connectivity index (χ0n) is 10.3. The first-order valence-electron chi connectivity index (χ1n) is 5.54. The van der Waals surface area contributed by atoms with E-state index in [9.17, 15) is 0 Å². The van der Waals surface area contributed by atoms with E-state index in [4.69, 9.17) is 10.2 Å². The highest BCUT2D eigenvalue weighted by atomic mass is 16.4. The van der Waals surface area contributed by atoms with Crippen LogP contribution in [-0.2, 0) is 5.41 Å². The first kappa shape index (κ1) is 11.5. The molecule has 1 aromatic carbocycles. The van der Waals surface area contributed by atoms with Gasteiger partial charge >= 0.3 is 0 Å². The van der Waals surface area contributed by atoms with Gasteiger partial charge in [0, 0.05) is 16.8 Å². The first-order valence-corrected chi connectivity index (χ1v) is 5.54. The standard InChI is InChI=1S/C13H17N3O/c1-13(2,3)11-8-17-12(16-11)15-10-6-4-9(14)5-7-10/h4-8H,14H2,1-3H3,(H,15,16). The number of hydrogen-bond acceptors (Lipinski definition) is 4. The topological polar surface area (TPSA) is 64.1 Å². The van der Waals surface area contributed by atoms with Crippen molar-refractivity contribution in [1.82, 2.24) is 4.98 Å². The van der Waals surface area contributed by atoms with Crippen LogP contribution in [0.3, 0.4) is 0 Å². The van der Waals surface area contributed by atoms with Crippen molar-refractivity contribution in [2.75, 3.05) is 11.1 Å². The van der Waals surface area contributed by atoms with Crippen LogP contribution >= 0.6 is 0 Å². The summed E-state index contributed by atoms with van der Waals surface area (Å²) in [5, 5.41) is 3.09. The van der Waals surface area contributed by atoms with Crippen LogP contribution in [0.2, 0.25) is 0 Å². The van der Waals surface area contributed by atoms with Crippen molar-refractivity contribution in [3.63, 3.8) is 0 Å². The number of nitrogen functional groups attached to an aromatic ring is 1. The molecule has 4 nitrogen and oxygen atoms in total. The lowest BCUT2D eigenvalue weighted by Gasteiger charge is -2.12. The molecule has 4 heteroatoms. The highest BCUT2D eigenvalue weighted by molar-refractivity contribution is 5.56. The quantitative estimate of drug-likeness (QED) is 0.778. The predicted octanol–water partition coefficient (Wildman–Crippen LogP) is 3.30. The number of benzene rings is 1. The maximum Gasteiger partial charge on any atom is 0.299 e. The molecular weight excluding hydrogens is 214 g/mol. The zero-order valence-corrected chi connectivity index (χ0v) is 10.3. The van der Waals surface area contributed by atoms with Crippen molar-refractivity contribution in [2.45, 2.75) is 26.2 Å². The van der Waals surface area contributed by atoms with Gasteiger partial charge in [-0.25, -0.2) is 0 Å². The van der Waals surface area contributed by atoms with Gasteiger partial charge in [0.25, 0.3) is 6.01 Å². The number of nitrogens with two attached hydrogens (primary N) is 1. The molecule has 0 aliphatic carbocycles. The average Bonchev–Trinajstić information content (AvgIpc) is 2.69. The molecule has 0 aliphatic heterocycles. The average molecular weight is 231 g/mol. The van der Waals surface area contributed by atoms with Crippen molar-refractivity contribution in [3.05, 3.63) is 36.2 Å². The van der Waals surface area contributed by atoms with E-state index in [1.54, 1.807) is 6.26 Å². The van der Waals surface area contributed by atoms with Crippen molar-refractivity contribution in [1.29, 1.82) is 0 Å². The Morgan fingerprint density at radius 1 is 1.18 bits per heavy atom. The third-order valence-corrected chi connectivity index (χ3v) is 2.43. The minimum atomic E-state index is -0.00938. The molecule has 0 fully saturated rings. The van der Waals surface area contributed by atoms with Crippen LogP contribution in [0.25, 0.3) is 0 Å². The van der Waals surface area contributed by atoms with Gasteiger partial charge < -0.3 is 15.5 Å². The van der Waals surface area contributed by atoms with Crippen LogP contribution in [0.4, 0.5) is 17.4 Å². The highest BCUT2D eigenvalue weighted by Gasteiger charge is 2.18. The highest BCUT2D eigenvalue weighted by Crippen LogP contribution is 2.24. The second-order valence-corrected chi connectivity index (χ2v) is 5.03. The summed E-state index contributed by atoms with van der Waals surface area (Å²) in [5.41, 5.74) is 8.17. The molecule has 0 unspecified atom stereocenters. The van der Waals surface area contributed by atoms with Gasteiger partial charge in [-0.3, -0.25) is 0 Å². The lowest BCUT2D eigenvalue weighted by molar-refractivity contribution is 0.545. The number of nitrogens with zero attached hydrogens (tertiary/aromatic N) is 1. The summed E-state index contributed by atoms with van der Waals surface area (Å²) in [6.07, 6.45) is 1.68. The Hall–Kier alpha value is -1.97. The molecule has 2 aromatic rings. The van der Waals surface area contributed by atoms with E-state index in [0.717, 1.165) is 17.1 Å². The van der Waals surface area contributed by atoms with Gasteiger partial charge in [0.2, 0.25) is 0 Å². The van der Waals surface area contributed by atoms with E-state index in [2.05, 4.69) is 31.1 Å². The number of aromatic nitrogens is 1. The molecule has 0 amide bonds. The Morgan fingerprint density at radius 2 is 1.82 bits per heavy atom. The van der Waals surface area contributed by atoms with Gasteiger partial charge in [-0.2, -0.15) is 4.98 Å². The second-order valence-electron chi connectivity index (χ2n) is 5.03. The fourth-order valence-electron chi connectivity index (χ4n) is 1.37. The smallest absolute Gasteiger partial charge is 0.299 e. The maximum atomic E-state index is 5.61. The largest absolute Gasteiger partial charge is 0.432 e. The van der Waals surface area contributed by atoms with E-state index >= 15 is 0 Å². The number of anilines is 3. The minimum absolute atomic E-state index is 0.00938. The van der Waals surface area contributed by atoms with Gasteiger partial charge in [0.15, 0.2) is 0 Å². The third kappa shape index (κ3) is 2.78. The van der Waals surface area contributed by atoms with Crippen molar-refractivity contribution in [2.24, 2.45) is 0 Å². The van der Waals surface area contributed by atoms with Crippen LogP contribution in [0.5, 0.6) is 0 Å². The molecule has 0 saturated heterocycles. The van der Waals surface area contributed by atoms with Crippen molar-refractivity contribution >= 4 is 17.4 Å². The molecule has 90 valence electrons. The van der Waals surface area contributed by atoms with E-state index in [1.165, 1.54) is 0 Å². The Kier molecular flexibility index (Phi) is 2.79. The molecule has 2 rings (SSSR count). The molecule has 3 N–H and O–H groups in total. The van der Waals surface area contributed by atoms with E-state index in [1.807, 2.05) is 24.3 Å².